The molecule has 2 aromatic rings. The van der Waals surface area contributed by atoms with E-state index in [-0.39, 0.29) is 11.1 Å². The van der Waals surface area contributed by atoms with Crippen LogP contribution in [0.4, 0.5) is 14.9 Å². The van der Waals surface area contributed by atoms with E-state index in [4.69, 9.17) is 16.3 Å². The van der Waals surface area contributed by atoms with Crippen LogP contribution in [0.1, 0.15) is 5.56 Å². The van der Waals surface area contributed by atoms with Gasteiger partial charge in [0.15, 0.2) is 0 Å². The summed E-state index contributed by atoms with van der Waals surface area (Å²) in [4.78, 5) is 16.3. The van der Waals surface area contributed by atoms with Crippen molar-refractivity contribution >= 4 is 23.3 Å². The van der Waals surface area contributed by atoms with Gasteiger partial charge in [-0.15, -0.1) is 0 Å². The summed E-state index contributed by atoms with van der Waals surface area (Å²) in [6.07, 6.45) is 0.712. The van der Waals surface area contributed by atoms with Gasteiger partial charge < -0.3 is 19.9 Å². The van der Waals surface area contributed by atoms with E-state index in [2.05, 4.69) is 10.2 Å². The van der Waals surface area contributed by atoms with E-state index in [0.717, 1.165) is 17.0 Å². The number of hydrogen-bond acceptors (Lipinski definition) is 3. The van der Waals surface area contributed by atoms with E-state index in [9.17, 15) is 9.18 Å². The smallest absolute Gasteiger partial charge is 0.317 e. The summed E-state index contributed by atoms with van der Waals surface area (Å²) in [5, 5.41) is 3.08. The highest BCUT2D eigenvalue weighted by Crippen LogP contribution is 2.23. The number of anilines is 1. The van der Waals surface area contributed by atoms with Gasteiger partial charge in [-0.1, -0.05) is 29.8 Å². The highest BCUT2D eigenvalue weighted by atomic mass is 35.5. The number of piperazine rings is 1. The Bertz CT molecular complexity index is 795. The summed E-state index contributed by atoms with van der Waals surface area (Å²) in [5.41, 5.74) is 1.94. The van der Waals surface area contributed by atoms with Crippen molar-refractivity contribution in [2.45, 2.75) is 6.42 Å². The average molecular weight is 392 g/mol. The normalized spacial score (nSPS) is 14.2. The summed E-state index contributed by atoms with van der Waals surface area (Å²) >= 11 is 5.86. The monoisotopic (exact) mass is 391 g/mol. The van der Waals surface area contributed by atoms with Crippen LogP contribution >= 0.6 is 11.6 Å². The van der Waals surface area contributed by atoms with Gasteiger partial charge in [0.1, 0.15) is 11.6 Å². The molecule has 0 atom stereocenters. The van der Waals surface area contributed by atoms with Gasteiger partial charge in [-0.05, 0) is 36.2 Å². The Morgan fingerprint density at radius 2 is 1.93 bits per heavy atom. The standard InChI is InChI=1S/C20H23ClFN3O2/c1-27-19-5-3-2-4-15(19)8-9-23-20(26)25-12-10-24(11-13-25)16-6-7-18(22)17(21)14-16/h2-7,14H,8-13H2,1H3,(H,23,26). The van der Waals surface area contributed by atoms with Crippen LogP contribution in [0, 0.1) is 5.82 Å². The zero-order valence-corrected chi connectivity index (χ0v) is 16.0. The average Bonchev–Trinajstić information content (AvgIpc) is 2.70. The number of carbonyl (C=O) groups excluding carboxylic acids is 1. The largest absolute Gasteiger partial charge is 0.496 e. The number of nitrogens with zero attached hydrogens (tertiary/aromatic N) is 2. The number of urea groups is 1. The van der Waals surface area contributed by atoms with Crippen LogP contribution in [-0.2, 0) is 6.42 Å². The van der Waals surface area contributed by atoms with Crippen molar-refractivity contribution in [2.75, 3.05) is 44.7 Å². The molecule has 3 rings (SSSR count). The van der Waals surface area contributed by atoms with E-state index in [1.807, 2.05) is 24.3 Å². The fourth-order valence-corrected chi connectivity index (χ4v) is 3.35. The number of ether oxygens (including phenoxy) is 1. The molecule has 0 spiro atoms. The molecule has 5 nitrogen and oxygen atoms in total. The van der Waals surface area contributed by atoms with E-state index in [0.29, 0.717) is 39.1 Å². The molecule has 0 bridgehead atoms. The minimum absolute atomic E-state index is 0.0679. The van der Waals surface area contributed by atoms with Crippen molar-refractivity contribution in [1.82, 2.24) is 10.2 Å². The maximum atomic E-state index is 13.3. The molecule has 1 aliphatic heterocycles. The molecule has 1 saturated heterocycles. The van der Waals surface area contributed by atoms with Crippen molar-refractivity contribution in [3.63, 3.8) is 0 Å². The maximum Gasteiger partial charge on any atom is 0.317 e. The Morgan fingerprint density at radius 1 is 1.19 bits per heavy atom. The first-order chi connectivity index (χ1) is 13.1. The summed E-state index contributed by atoms with van der Waals surface area (Å²) in [6.45, 7) is 3.13. The van der Waals surface area contributed by atoms with E-state index < -0.39 is 5.82 Å². The molecule has 0 saturated carbocycles. The predicted molar refractivity (Wildman–Crippen MR) is 105 cm³/mol. The highest BCUT2D eigenvalue weighted by Gasteiger charge is 2.21. The summed E-state index contributed by atoms with van der Waals surface area (Å²) in [6, 6.07) is 12.4. The summed E-state index contributed by atoms with van der Waals surface area (Å²) in [5.74, 6) is 0.409. The van der Waals surface area contributed by atoms with Gasteiger partial charge >= 0.3 is 6.03 Å². The number of benzene rings is 2. The van der Waals surface area contributed by atoms with E-state index >= 15 is 0 Å². The molecule has 2 aromatic carbocycles. The van der Waals surface area contributed by atoms with Crippen LogP contribution in [0.25, 0.3) is 0 Å². The van der Waals surface area contributed by atoms with Gasteiger partial charge in [0.05, 0.1) is 12.1 Å². The van der Waals surface area contributed by atoms with Crippen molar-refractivity contribution in [3.8, 4) is 5.75 Å². The Kier molecular flexibility index (Phi) is 6.40. The Morgan fingerprint density at radius 3 is 2.63 bits per heavy atom. The number of methoxy groups -OCH3 is 1. The first kappa shape index (κ1) is 19.3. The molecule has 7 heteroatoms. The molecule has 1 aliphatic rings. The molecule has 0 aromatic heterocycles. The number of halogens is 2. The summed E-state index contributed by atoms with van der Waals surface area (Å²) in [7, 11) is 1.64. The molecule has 0 radical (unpaired) electrons. The number of hydrogen-bond donors (Lipinski definition) is 1. The molecule has 1 N–H and O–H groups in total. The molecule has 0 unspecified atom stereocenters. The fraction of sp³-hybridized carbons (Fsp3) is 0.350. The first-order valence-corrected chi connectivity index (χ1v) is 9.31. The van der Waals surface area contributed by atoms with Gasteiger partial charge in [-0.3, -0.25) is 0 Å². The van der Waals surface area contributed by atoms with Crippen molar-refractivity contribution < 1.29 is 13.9 Å². The van der Waals surface area contributed by atoms with Crippen LogP contribution in [0.2, 0.25) is 5.02 Å². The van der Waals surface area contributed by atoms with Gasteiger partial charge in [0, 0.05) is 38.4 Å². The minimum Gasteiger partial charge on any atom is -0.496 e. The molecule has 0 aliphatic carbocycles. The van der Waals surface area contributed by atoms with Crippen molar-refractivity contribution in [2.24, 2.45) is 0 Å². The summed E-state index contributed by atoms with van der Waals surface area (Å²) < 4.78 is 18.6. The molecule has 1 heterocycles. The van der Waals surface area contributed by atoms with E-state index in [1.165, 1.54) is 6.07 Å². The fourth-order valence-electron chi connectivity index (χ4n) is 3.17. The molecule has 27 heavy (non-hydrogen) atoms. The molecular formula is C20H23ClFN3O2. The Hall–Kier alpha value is -2.47. The van der Waals surface area contributed by atoms with Crippen LogP contribution in [-0.4, -0.2) is 50.8 Å². The second-order valence-corrected chi connectivity index (χ2v) is 6.77. The second-order valence-electron chi connectivity index (χ2n) is 6.37. The molecule has 2 amide bonds. The Balaban J connectivity index is 1.46. The quantitative estimate of drug-likeness (QED) is 0.847. The number of amides is 2. The van der Waals surface area contributed by atoms with Crippen LogP contribution in [0.3, 0.4) is 0 Å². The van der Waals surface area contributed by atoms with Gasteiger partial charge in [-0.25, -0.2) is 9.18 Å². The SMILES string of the molecule is COc1ccccc1CCNC(=O)N1CCN(c2ccc(F)c(Cl)c2)CC1. The zero-order chi connectivity index (χ0) is 19.2. The van der Waals surface area contributed by atoms with E-state index in [1.54, 1.807) is 24.1 Å². The predicted octanol–water partition coefficient (Wildman–Crippen LogP) is 3.56. The minimum atomic E-state index is -0.423. The number of rotatable bonds is 5. The van der Waals surface area contributed by atoms with Crippen molar-refractivity contribution in [1.29, 1.82) is 0 Å². The van der Waals surface area contributed by atoms with Crippen LogP contribution < -0.4 is 15.0 Å². The third kappa shape index (κ3) is 4.83. The zero-order valence-electron chi connectivity index (χ0n) is 15.3. The van der Waals surface area contributed by atoms with Crippen LogP contribution in [0.5, 0.6) is 5.75 Å². The topological polar surface area (TPSA) is 44.8 Å². The lowest BCUT2D eigenvalue weighted by Gasteiger charge is -2.36. The lowest BCUT2D eigenvalue weighted by atomic mass is 10.1. The van der Waals surface area contributed by atoms with Gasteiger partial charge in [0.25, 0.3) is 0 Å². The number of carbonyl (C=O) groups is 1. The maximum absolute atomic E-state index is 13.3. The van der Waals surface area contributed by atoms with Gasteiger partial charge in [0.2, 0.25) is 0 Å². The second kappa shape index (κ2) is 8.95. The highest BCUT2D eigenvalue weighted by molar-refractivity contribution is 6.31. The molecular weight excluding hydrogens is 369 g/mol. The lowest BCUT2D eigenvalue weighted by Crippen LogP contribution is -2.52. The number of nitrogens with one attached hydrogen (secondary N) is 1. The number of para-hydroxylation sites is 1. The Labute approximate surface area is 163 Å². The third-order valence-corrected chi connectivity index (χ3v) is 4.99. The molecule has 144 valence electrons. The van der Waals surface area contributed by atoms with Gasteiger partial charge in [-0.2, -0.15) is 0 Å². The van der Waals surface area contributed by atoms with Crippen molar-refractivity contribution in [3.05, 3.63) is 58.9 Å². The lowest BCUT2D eigenvalue weighted by molar-refractivity contribution is 0.194. The third-order valence-electron chi connectivity index (χ3n) is 4.70. The van der Waals surface area contributed by atoms with Crippen LogP contribution in [0.15, 0.2) is 42.5 Å². The first-order valence-electron chi connectivity index (χ1n) is 8.93. The molecule has 1 fully saturated rings.